The first-order valence-electron chi connectivity index (χ1n) is 9.28. The first-order valence-corrected chi connectivity index (χ1v) is 9.28. The van der Waals surface area contributed by atoms with Gasteiger partial charge >= 0.3 is 0 Å². The van der Waals surface area contributed by atoms with Crippen molar-refractivity contribution in [2.75, 3.05) is 26.6 Å². The molecule has 8 heteroatoms. The van der Waals surface area contributed by atoms with E-state index in [-0.39, 0.29) is 5.75 Å². The Bertz CT molecular complexity index is 1150. The molecule has 0 aliphatic heterocycles. The molecule has 8 nitrogen and oxygen atoms in total. The molecular formula is C22H22N4O4. The Hall–Kier alpha value is -3.94. The molecule has 0 fully saturated rings. The third-order valence-electron chi connectivity index (χ3n) is 4.78. The summed E-state index contributed by atoms with van der Waals surface area (Å²) in [5.41, 5.74) is 3.45. The largest absolute Gasteiger partial charge is 0.508 e. The summed E-state index contributed by atoms with van der Waals surface area (Å²) in [4.78, 5) is 9.02. The molecule has 0 amide bonds. The Morgan fingerprint density at radius 3 is 2.30 bits per heavy atom. The molecule has 154 valence electrons. The van der Waals surface area contributed by atoms with Gasteiger partial charge in [0, 0.05) is 24.5 Å². The lowest BCUT2D eigenvalue weighted by atomic mass is 10.1. The second-order valence-electron chi connectivity index (χ2n) is 6.55. The molecule has 2 heterocycles. The number of anilines is 1. The molecular weight excluding hydrogens is 384 g/mol. The smallest absolute Gasteiger partial charge is 0.203 e. The Labute approximate surface area is 173 Å². The molecule has 0 radical (unpaired) electrons. The van der Waals surface area contributed by atoms with Gasteiger partial charge in [-0.3, -0.25) is 4.40 Å². The van der Waals surface area contributed by atoms with Crippen molar-refractivity contribution in [1.29, 1.82) is 0 Å². The lowest BCUT2D eigenvalue weighted by Crippen LogP contribution is -2.06. The number of fused-ring (bicyclic) bond motifs is 1. The van der Waals surface area contributed by atoms with Crippen LogP contribution in [0.1, 0.15) is 5.56 Å². The molecule has 0 saturated heterocycles. The van der Waals surface area contributed by atoms with Crippen LogP contribution >= 0.6 is 0 Å². The van der Waals surface area contributed by atoms with Crippen molar-refractivity contribution in [3.63, 3.8) is 0 Å². The van der Waals surface area contributed by atoms with Crippen LogP contribution < -0.4 is 19.5 Å². The van der Waals surface area contributed by atoms with Crippen LogP contribution in [0.15, 0.2) is 55.0 Å². The Kier molecular flexibility index (Phi) is 5.30. The number of imidazole rings is 1. The fraction of sp³-hybridized carbons (Fsp3) is 0.182. The summed E-state index contributed by atoms with van der Waals surface area (Å²) in [6, 6.07) is 10.8. The van der Waals surface area contributed by atoms with Crippen LogP contribution in [0.4, 0.5) is 5.82 Å². The van der Waals surface area contributed by atoms with Crippen molar-refractivity contribution < 1.29 is 19.3 Å². The number of nitrogens with zero attached hydrogens (tertiary/aromatic N) is 3. The molecule has 0 spiro atoms. The van der Waals surface area contributed by atoms with E-state index in [1.807, 2.05) is 34.9 Å². The van der Waals surface area contributed by atoms with Gasteiger partial charge in [-0.15, -0.1) is 0 Å². The van der Waals surface area contributed by atoms with E-state index in [2.05, 4.69) is 15.3 Å². The minimum atomic E-state index is 0.220. The SMILES string of the molecule is COc1cc(CNc2ncc(-c3ccc(O)cc3)n3ccnc23)cc(OC)c1OC. The van der Waals surface area contributed by atoms with Crippen LogP contribution in [0.2, 0.25) is 0 Å². The van der Waals surface area contributed by atoms with E-state index in [1.54, 1.807) is 45.9 Å². The highest BCUT2D eigenvalue weighted by atomic mass is 16.5. The maximum absolute atomic E-state index is 9.54. The van der Waals surface area contributed by atoms with Crippen LogP contribution in [0, 0.1) is 0 Å². The summed E-state index contributed by atoms with van der Waals surface area (Å²) in [5, 5.41) is 12.9. The van der Waals surface area contributed by atoms with Crippen molar-refractivity contribution in [3.05, 3.63) is 60.6 Å². The van der Waals surface area contributed by atoms with E-state index in [9.17, 15) is 5.11 Å². The molecule has 2 aromatic carbocycles. The van der Waals surface area contributed by atoms with Gasteiger partial charge in [-0.2, -0.15) is 0 Å². The molecule has 0 atom stereocenters. The number of benzene rings is 2. The van der Waals surface area contributed by atoms with Gasteiger partial charge in [0.2, 0.25) is 5.75 Å². The number of hydrogen-bond acceptors (Lipinski definition) is 7. The number of nitrogens with one attached hydrogen (secondary N) is 1. The van der Waals surface area contributed by atoms with E-state index in [0.717, 1.165) is 16.8 Å². The summed E-state index contributed by atoms with van der Waals surface area (Å²) in [5.74, 6) is 2.61. The highest BCUT2D eigenvalue weighted by molar-refractivity contribution is 5.70. The zero-order chi connectivity index (χ0) is 21.1. The maximum Gasteiger partial charge on any atom is 0.203 e. The standard InChI is InChI=1S/C22H22N4O4/c1-28-18-10-14(11-19(29-2)20(18)30-3)12-24-21-22-23-8-9-26(22)17(13-25-21)15-4-6-16(27)7-5-15/h4-11,13,27H,12H2,1-3H3,(H,24,25). The summed E-state index contributed by atoms with van der Waals surface area (Å²) < 4.78 is 18.2. The Balaban J connectivity index is 1.64. The van der Waals surface area contributed by atoms with Gasteiger partial charge in [-0.1, -0.05) is 0 Å². The van der Waals surface area contributed by atoms with E-state index < -0.39 is 0 Å². The molecule has 2 aromatic heterocycles. The van der Waals surface area contributed by atoms with Crippen LogP contribution in [-0.2, 0) is 6.54 Å². The minimum Gasteiger partial charge on any atom is -0.508 e. The fourth-order valence-corrected chi connectivity index (χ4v) is 3.31. The van der Waals surface area contributed by atoms with E-state index in [4.69, 9.17) is 14.2 Å². The second kappa shape index (κ2) is 8.20. The maximum atomic E-state index is 9.54. The third kappa shape index (κ3) is 3.55. The van der Waals surface area contributed by atoms with Gasteiger partial charge in [-0.05, 0) is 42.0 Å². The Morgan fingerprint density at radius 1 is 0.967 bits per heavy atom. The summed E-state index contributed by atoms with van der Waals surface area (Å²) in [6.45, 7) is 0.491. The van der Waals surface area contributed by atoms with E-state index in [0.29, 0.717) is 35.3 Å². The highest BCUT2D eigenvalue weighted by Gasteiger charge is 2.14. The van der Waals surface area contributed by atoms with Crippen LogP contribution in [0.3, 0.4) is 0 Å². The van der Waals surface area contributed by atoms with Crippen molar-refractivity contribution in [2.45, 2.75) is 6.54 Å². The van der Waals surface area contributed by atoms with Gasteiger partial charge in [-0.25, -0.2) is 9.97 Å². The normalized spacial score (nSPS) is 10.8. The zero-order valence-corrected chi connectivity index (χ0v) is 16.9. The van der Waals surface area contributed by atoms with Crippen molar-refractivity contribution >= 4 is 11.5 Å². The van der Waals surface area contributed by atoms with Crippen molar-refractivity contribution in [3.8, 4) is 34.3 Å². The molecule has 0 aliphatic carbocycles. The second-order valence-corrected chi connectivity index (χ2v) is 6.55. The van der Waals surface area contributed by atoms with Crippen molar-refractivity contribution in [1.82, 2.24) is 14.4 Å². The average Bonchev–Trinajstić information content (AvgIpc) is 3.27. The van der Waals surface area contributed by atoms with Gasteiger partial charge < -0.3 is 24.6 Å². The topological polar surface area (TPSA) is 90.1 Å². The molecule has 2 N–H and O–H groups in total. The zero-order valence-electron chi connectivity index (χ0n) is 16.9. The fourth-order valence-electron chi connectivity index (χ4n) is 3.31. The Morgan fingerprint density at radius 2 is 1.67 bits per heavy atom. The number of hydrogen-bond donors (Lipinski definition) is 2. The number of rotatable bonds is 7. The molecule has 0 bridgehead atoms. The number of aromatic hydroxyl groups is 1. The predicted octanol–water partition coefficient (Wildman–Crippen LogP) is 3.74. The summed E-state index contributed by atoms with van der Waals surface area (Å²) >= 11 is 0. The van der Waals surface area contributed by atoms with Gasteiger partial charge in [0.25, 0.3) is 0 Å². The molecule has 0 saturated carbocycles. The lowest BCUT2D eigenvalue weighted by Gasteiger charge is -2.15. The quantitative estimate of drug-likeness (QED) is 0.483. The summed E-state index contributed by atoms with van der Waals surface area (Å²) in [7, 11) is 4.76. The number of phenols is 1. The first kappa shape index (κ1) is 19.4. The minimum absolute atomic E-state index is 0.220. The van der Waals surface area contributed by atoms with Crippen molar-refractivity contribution in [2.24, 2.45) is 0 Å². The highest BCUT2D eigenvalue weighted by Crippen LogP contribution is 2.38. The predicted molar refractivity (Wildman–Crippen MR) is 114 cm³/mol. The lowest BCUT2D eigenvalue weighted by molar-refractivity contribution is 0.324. The molecule has 30 heavy (non-hydrogen) atoms. The molecule has 4 aromatic rings. The molecule has 4 rings (SSSR count). The average molecular weight is 406 g/mol. The van der Waals surface area contributed by atoms with Gasteiger partial charge in [0.1, 0.15) is 5.75 Å². The number of phenolic OH excluding ortho intramolecular Hbond substituents is 1. The van der Waals surface area contributed by atoms with Gasteiger partial charge in [0.15, 0.2) is 23.0 Å². The van der Waals surface area contributed by atoms with E-state index >= 15 is 0 Å². The van der Waals surface area contributed by atoms with E-state index in [1.165, 1.54) is 0 Å². The van der Waals surface area contributed by atoms with Gasteiger partial charge in [0.05, 0.1) is 33.2 Å². The summed E-state index contributed by atoms with van der Waals surface area (Å²) in [6.07, 6.45) is 5.38. The van der Waals surface area contributed by atoms with Crippen LogP contribution in [0.25, 0.3) is 16.9 Å². The molecule has 0 unspecified atom stereocenters. The third-order valence-corrected chi connectivity index (χ3v) is 4.78. The van der Waals surface area contributed by atoms with Crippen LogP contribution in [0.5, 0.6) is 23.0 Å². The molecule has 0 aliphatic rings. The monoisotopic (exact) mass is 406 g/mol. The number of aromatic nitrogens is 3. The first-order chi connectivity index (χ1) is 14.6. The van der Waals surface area contributed by atoms with Crippen LogP contribution in [-0.4, -0.2) is 40.8 Å². The number of ether oxygens (including phenoxy) is 3. The number of methoxy groups -OCH3 is 3.